The highest BCUT2D eigenvalue weighted by atomic mass is 14.9. The van der Waals surface area contributed by atoms with E-state index in [4.69, 9.17) is 0 Å². The average molecular weight is 565 g/mol. The molecular weight excluding hydrogens is 530 g/mol. The molecule has 1 nitrogen and oxygen atoms in total. The van der Waals surface area contributed by atoms with Crippen LogP contribution < -0.4 is 4.57 Å². The third kappa shape index (κ3) is 3.50. The van der Waals surface area contributed by atoms with Crippen molar-refractivity contribution in [3.8, 4) is 22.4 Å². The molecule has 1 heterocycles. The molecule has 0 fully saturated rings. The summed E-state index contributed by atoms with van der Waals surface area (Å²) in [6.07, 6.45) is 0. The van der Waals surface area contributed by atoms with Crippen LogP contribution in [0.4, 0.5) is 0 Å². The van der Waals surface area contributed by atoms with Gasteiger partial charge in [-0.25, -0.2) is 0 Å². The molecule has 44 heavy (non-hydrogen) atoms. The lowest BCUT2D eigenvalue weighted by Crippen LogP contribution is -2.32. The van der Waals surface area contributed by atoms with E-state index in [1.807, 2.05) is 0 Å². The SMILES string of the molecule is Cc1cc(C)c(C)c(-c2ccc3c(-c4ccc5c(c4)C4c6ccccc6C5c5cc6ccccc6cc54)cccc3[n+]2C)c1. The highest BCUT2D eigenvalue weighted by Crippen LogP contribution is 2.56. The zero-order valence-corrected chi connectivity index (χ0v) is 25.6. The lowest BCUT2D eigenvalue weighted by atomic mass is 9.60. The summed E-state index contributed by atoms with van der Waals surface area (Å²) in [7, 11) is 2.21. The second-order valence-corrected chi connectivity index (χ2v) is 12.9. The molecule has 1 heteroatoms. The predicted molar refractivity (Wildman–Crippen MR) is 182 cm³/mol. The Morgan fingerprint density at radius 1 is 0.500 bits per heavy atom. The summed E-state index contributed by atoms with van der Waals surface area (Å²) in [5, 5.41) is 3.94. The van der Waals surface area contributed by atoms with Crippen molar-refractivity contribution in [1.82, 2.24) is 0 Å². The lowest BCUT2D eigenvalue weighted by molar-refractivity contribution is -0.633. The Balaban J connectivity index is 1.23. The van der Waals surface area contributed by atoms with Gasteiger partial charge in [0.05, 0.1) is 5.39 Å². The number of hydrogen-bond acceptors (Lipinski definition) is 0. The minimum absolute atomic E-state index is 0.246. The van der Waals surface area contributed by atoms with E-state index >= 15 is 0 Å². The lowest BCUT2D eigenvalue weighted by Gasteiger charge is -2.42. The van der Waals surface area contributed by atoms with Crippen LogP contribution in [0.2, 0.25) is 0 Å². The van der Waals surface area contributed by atoms with Crippen molar-refractivity contribution in [2.75, 3.05) is 0 Å². The van der Waals surface area contributed by atoms with Gasteiger partial charge >= 0.3 is 0 Å². The number of fused-ring (bicyclic) bond motifs is 2. The zero-order valence-electron chi connectivity index (χ0n) is 25.6. The van der Waals surface area contributed by atoms with Crippen LogP contribution in [0.1, 0.15) is 61.9 Å². The van der Waals surface area contributed by atoms with E-state index < -0.39 is 0 Å². The molecule has 0 N–H and O–H groups in total. The number of hydrogen-bond donors (Lipinski definition) is 0. The fraction of sp³-hybridized carbons (Fsp3) is 0.140. The summed E-state index contributed by atoms with van der Waals surface area (Å²) in [5.41, 5.74) is 19.2. The van der Waals surface area contributed by atoms with E-state index in [0.717, 1.165) is 0 Å². The minimum Gasteiger partial charge on any atom is -0.194 e. The van der Waals surface area contributed by atoms with E-state index in [1.165, 1.54) is 94.1 Å². The van der Waals surface area contributed by atoms with Crippen molar-refractivity contribution in [1.29, 1.82) is 0 Å². The topological polar surface area (TPSA) is 3.88 Å². The van der Waals surface area contributed by atoms with Crippen molar-refractivity contribution in [3.05, 3.63) is 171 Å². The van der Waals surface area contributed by atoms with E-state index in [2.05, 4.69) is 154 Å². The van der Waals surface area contributed by atoms with Gasteiger partial charge in [-0.3, -0.25) is 0 Å². The Morgan fingerprint density at radius 3 is 1.86 bits per heavy atom. The Hall–Kier alpha value is -5.01. The van der Waals surface area contributed by atoms with Crippen LogP contribution in [0.25, 0.3) is 44.1 Å². The first-order valence-electron chi connectivity index (χ1n) is 15.7. The van der Waals surface area contributed by atoms with Crippen molar-refractivity contribution >= 4 is 21.7 Å². The second kappa shape index (κ2) is 9.24. The molecule has 0 aliphatic heterocycles. The molecule has 3 aliphatic rings. The molecule has 3 aliphatic carbocycles. The van der Waals surface area contributed by atoms with Crippen molar-refractivity contribution in [2.24, 2.45) is 7.05 Å². The summed E-state index contributed by atoms with van der Waals surface area (Å²) < 4.78 is 2.37. The summed E-state index contributed by atoms with van der Waals surface area (Å²) >= 11 is 0. The van der Waals surface area contributed by atoms with Gasteiger partial charge < -0.3 is 0 Å². The molecule has 10 rings (SSSR count). The van der Waals surface area contributed by atoms with Crippen LogP contribution in [0.5, 0.6) is 0 Å². The summed E-state index contributed by atoms with van der Waals surface area (Å²) in [6, 6.07) is 46.2. The van der Waals surface area contributed by atoms with Gasteiger partial charge in [-0.2, -0.15) is 4.57 Å². The number of aryl methyl sites for hydroxylation is 3. The molecule has 2 unspecified atom stereocenters. The Morgan fingerprint density at radius 2 is 1.14 bits per heavy atom. The number of pyridine rings is 1. The van der Waals surface area contributed by atoms with Crippen LogP contribution in [-0.2, 0) is 7.05 Å². The van der Waals surface area contributed by atoms with Crippen molar-refractivity contribution in [3.63, 3.8) is 0 Å². The largest absolute Gasteiger partial charge is 0.213 e. The quantitative estimate of drug-likeness (QED) is 0.184. The summed E-state index contributed by atoms with van der Waals surface area (Å²) in [4.78, 5) is 0. The Bertz CT molecular complexity index is 2340. The standard InChI is InChI=1S/C43H34N/c1-25-20-26(2)27(3)36(21-25)41-19-18-32-31(14-9-15-40(32)44(41)4)30-16-17-35-37(24-30)43-34-13-8-7-12-33(34)42(35)38-22-28-10-5-6-11-29(28)23-39(38)43/h5-24,42-43H,1-4H3/q+1. The highest BCUT2D eigenvalue weighted by Gasteiger charge is 2.41. The van der Waals surface area contributed by atoms with Gasteiger partial charge in [-0.1, -0.05) is 84.4 Å². The van der Waals surface area contributed by atoms with E-state index in [9.17, 15) is 0 Å². The molecule has 2 bridgehead atoms. The third-order valence-corrected chi connectivity index (χ3v) is 10.5. The van der Waals surface area contributed by atoms with Gasteiger partial charge in [-0.05, 0) is 118 Å². The average Bonchev–Trinajstić information content (AvgIpc) is 3.05. The maximum absolute atomic E-state index is 2.50. The first-order chi connectivity index (χ1) is 21.5. The number of rotatable bonds is 2. The molecule has 2 atom stereocenters. The molecular formula is C43H34N+. The Kier molecular flexibility index (Phi) is 5.35. The first kappa shape index (κ1) is 25.5. The van der Waals surface area contributed by atoms with Crippen molar-refractivity contribution < 1.29 is 4.57 Å². The van der Waals surface area contributed by atoms with Crippen LogP contribution in [0.3, 0.4) is 0 Å². The molecule has 0 spiro atoms. The fourth-order valence-electron chi connectivity index (χ4n) is 8.33. The molecule has 7 aromatic rings. The van der Waals surface area contributed by atoms with Crippen molar-refractivity contribution in [2.45, 2.75) is 32.6 Å². The molecule has 0 saturated carbocycles. The second-order valence-electron chi connectivity index (χ2n) is 12.9. The minimum atomic E-state index is 0.246. The summed E-state index contributed by atoms with van der Waals surface area (Å²) in [6.45, 7) is 6.65. The molecule has 6 aromatic carbocycles. The fourth-order valence-corrected chi connectivity index (χ4v) is 8.33. The van der Waals surface area contributed by atoms with E-state index in [1.54, 1.807) is 0 Å². The Labute approximate surface area is 259 Å². The monoisotopic (exact) mass is 564 g/mol. The molecule has 0 saturated heterocycles. The number of benzene rings is 6. The van der Waals surface area contributed by atoms with Crippen LogP contribution in [0, 0.1) is 20.8 Å². The van der Waals surface area contributed by atoms with Gasteiger partial charge in [0.25, 0.3) is 0 Å². The van der Waals surface area contributed by atoms with Crippen LogP contribution >= 0.6 is 0 Å². The van der Waals surface area contributed by atoms with Crippen LogP contribution in [0.15, 0.2) is 121 Å². The third-order valence-electron chi connectivity index (χ3n) is 10.5. The van der Waals surface area contributed by atoms with Gasteiger partial charge in [0.1, 0.15) is 7.05 Å². The van der Waals surface area contributed by atoms with Gasteiger partial charge in [0.15, 0.2) is 0 Å². The maximum Gasteiger partial charge on any atom is 0.213 e. The zero-order chi connectivity index (χ0) is 29.7. The van der Waals surface area contributed by atoms with Gasteiger partial charge in [-0.15, -0.1) is 0 Å². The summed E-state index contributed by atoms with van der Waals surface area (Å²) in [5.74, 6) is 0.518. The number of nitrogens with zero attached hydrogens (tertiary/aromatic N) is 1. The normalized spacial score (nSPS) is 16.2. The van der Waals surface area contributed by atoms with E-state index in [-0.39, 0.29) is 11.8 Å². The molecule has 0 amide bonds. The molecule has 0 radical (unpaired) electrons. The molecule has 1 aromatic heterocycles. The smallest absolute Gasteiger partial charge is 0.194 e. The van der Waals surface area contributed by atoms with Gasteiger partial charge in [0.2, 0.25) is 11.2 Å². The van der Waals surface area contributed by atoms with Gasteiger partial charge in [0, 0.05) is 29.5 Å². The van der Waals surface area contributed by atoms with E-state index in [0.29, 0.717) is 0 Å². The predicted octanol–water partition coefficient (Wildman–Crippen LogP) is 10.1. The highest BCUT2D eigenvalue weighted by molar-refractivity contribution is 5.94. The first-order valence-corrected chi connectivity index (χ1v) is 15.7. The number of aromatic nitrogens is 1. The van der Waals surface area contributed by atoms with Crippen LogP contribution in [-0.4, -0.2) is 0 Å². The maximum atomic E-state index is 2.50. The molecule has 210 valence electrons.